The summed E-state index contributed by atoms with van der Waals surface area (Å²) in [6, 6.07) is 6.83. The zero-order valence-electron chi connectivity index (χ0n) is 16.1. The maximum atomic E-state index is 12.9. The Hall–Kier alpha value is -3.09. The van der Waals surface area contributed by atoms with Gasteiger partial charge < -0.3 is 15.1 Å². The third-order valence-corrected chi connectivity index (χ3v) is 4.82. The third kappa shape index (κ3) is 3.32. The highest BCUT2D eigenvalue weighted by Gasteiger charge is 2.51. The second-order valence-electron chi connectivity index (χ2n) is 7.14. The highest BCUT2D eigenvalue weighted by molar-refractivity contribution is 6.10. The van der Waals surface area contributed by atoms with Crippen LogP contribution < -0.4 is 10.6 Å². The molecule has 142 valence electrons. The monoisotopic (exact) mass is 369 g/mol. The first kappa shape index (κ1) is 18.7. The number of hydrogen-bond acceptors (Lipinski definition) is 4. The van der Waals surface area contributed by atoms with Gasteiger partial charge in [0.15, 0.2) is 0 Å². The van der Waals surface area contributed by atoms with Gasteiger partial charge in [0.1, 0.15) is 23.6 Å². The van der Waals surface area contributed by atoms with E-state index in [-0.39, 0.29) is 6.54 Å². The van der Waals surface area contributed by atoms with Crippen LogP contribution in [-0.2, 0) is 15.1 Å². The predicted molar refractivity (Wildman–Crippen MR) is 100 cm³/mol. The predicted octanol–water partition coefficient (Wildman–Crippen LogP) is 2.92. The van der Waals surface area contributed by atoms with Crippen LogP contribution in [0.2, 0.25) is 0 Å². The lowest BCUT2D eigenvalue weighted by atomic mass is 9.92. The molecule has 0 aliphatic carbocycles. The molecule has 4 amide bonds. The molecular weight excluding hydrogens is 346 g/mol. The standard InChI is InChI=1S/C20H23N3O4/c1-11-6-7-12(2)16(8-11)21-17(24)10-23-18(25)20(5,22-19(23)26)15-9-13(3)27-14(15)4/h6-9H,10H2,1-5H3,(H,21,24)(H,22,26)/t20-/m0/s1. The molecule has 1 fully saturated rings. The van der Waals surface area contributed by atoms with E-state index in [1.807, 2.05) is 32.0 Å². The van der Waals surface area contributed by atoms with Crippen molar-refractivity contribution >= 4 is 23.5 Å². The first-order chi connectivity index (χ1) is 12.6. The molecular formula is C20H23N3O4. The van der Waals surface area contributed by atoms with E-state index in [2.05, 4.69) is 10.6 Å². The van der Waals surface area contributed by atoms with Crippen molar-refractivity contribution in [3.63, 3.8) is 0 Å². The van der Waals surface area contributed by atoms with Crippen molar-refractivity contribution in [1.29, 1.82) is 0 Å². The highest BCUT2D eigenvalue weighted by atomic mass is 16.3. The lowest BCUT2D eigenvalue weighted by molar-refractivity contribution is -0.133. The van der Waals surface area contributed by atoms with Gasteiger partial charge in [-0.05, 0) is 57.9 Å². The SMILES string of the molecule is Cc1ccc(C)c(NC(=O)CN2C(=O)N[C@@](C)(c3cc(C)oc3C)C2=O)c1. The van der Waals surface area contributed by atoms with Gasteiger partial charge in [-0.25, -0.2) is 4.79 Å². The van der Waals surface area contributed by atoms with Crippen molar-refractivity contribution in [3.8, 4) is 0 Å². The average molecular weight is 369 g/mol. The summed E-state index contributed by atoms with van der Waals surface area (Å²) in [5.41, 5.74) is 1.91. The second-order valence-corrected chi connectivity index (χ2v) is 7.14. The molecule has 2 aromatic rings. The van der Waals surface area contributed by atoms with E-state index in [0.29, 0.717) is 22.8 Å². The fourth-order valence-corrected chi connectivity index (χ4v) is 3.35. The number of furan rings is 1. The van der Waals surface area contributed by atoms with E-state index in [1.165, 1.54) is 0 Å². The fourth-order valence-electron chi connectivity index (χ4n) is 3.35. The van der Waals surface area contributed by atoms with Gasteiger partial charge in [0, 0.05) is 11.3 Å². The van der Waals surface area contributed by atoms with Crippen molar-refractivity contribution in [3.05, 3.63) is 52.5 Å². The molecule has 1 aliphatic heterocycles. The molecule has 3 rings (SSSR count). The minimum atomic E-state index is -1.25. The summed E-state index contributed by atoms with van der Waals surface area (Å²) < 4.78 is 5.49. The number of nitrogens with zero attached hydrogens (tertiary/aromatic N) is 1. The Kier molecular flexibility index (Phi) is 4.55. The van der Waals surface area contributed by atoms with Crippen molar-refractivity contribution in [1.82, 2.24) is 10.2 Å². The van der Waals surface area contributed by atoms with Crippen LogP contribution in [0.15, 0.2) is 28.7 Å². The van der Waals surface area contributed by atoms with Gasteiger partial charge >= 0.3 is 6.03 Å². The van der Waals surface area contributed by atoms with Gasteiger partial charge in [0.05, 0.1) is 0 Å². The molecule has 0 saturated carbocycles. The summed E-state index contributed by atoms with van der Waals surface area (Å²) in [7, 11) is 0. The summed E-state index contributed by atoms with van der Waals surface area (Å²) in [6.07, 6.45) is 0. The molecule has 7 nitrogen and oxygen atoms in total. The summed E-state index contributed by atoms with van der Waals surface area (Å²) in [5, 5.41) is 5.46. The minimum Gasteiger partial charge on any atom is -0.466 e. The van der Waals surface area contributed by atoms with Gasteiger partial charge in [0.25, 0.3) is 5.91 Å². The van der Waals surface area contributed by atoms with Gasteiger partial charge in [-0.3, -0.25) is 14.5 Å². The number of imide groups is 1. The number of nitrogens with one attached hydrogen (secondary N) is 2. The van der Waals surface area contributed by atoms with E-state index in [9.17, 15) is 14.4 Å². The van der Waals surface area contributed by atoms with Crippen molar-refractivity contribution in [2.45, 2.75) is 40.2 Å². The molecule has 1 aromatic heterocycles. The molecule has 1 aliphatic rings. The number of benzene rings is 1. The number of carbonyl (C=O) groups excluding carboxylic acids is 3. The Bertz CT molecular complexity index is 947. The van der Waals surface area contributed by atoms with Crippen LogP contribution in [0.4, 0.5) is 10.5 Å². The fraction of sp³-hybridized carbons (Fsp3) is 0.350. The summed E-state index contributed by atoms with van der Waals surface area (Å²) in [4.78, 5) is 38.7. The number of aryl methyl sites for hydroxylation is 4. The van der Waals surface area contributed by atoms with E-state index in [0.717, 1.165) is 16.0 Å². The number of rotatable bonds is 4. The second kappa shape index (κ2) is 6.57. The molecule has 27 heavy (non-hydrogen) atoms. The normalized spacial score (nSPS) is 19.4. The highest BCUT2D eigenvalue weighted by Crippen LogP contribution is 2.32. The van der Waals surface area contributed by atoms with E-state index in [1.54, 1.807) is 26.8 Å². The molecule has 2 heterocycles. The largest absolute Gasteiger partial charge is 0.466 e. The average Bonchev–Trinajstić information content (AvgIpc) is 3.03. The molecule has 0 spiro atoms. The minimum absolute atomic E-state index is 0.358. The van der Waals surface area contributed by atoms with Crippen LogP contribution in [0.1, 0.15) is 35.1 Å². The third-order valence-electron chi connectivity index (χ3n) is 4.82. The lowest BCUT2D eigenvalue weighted by Gasteiger charge is -2.21. The summed E-state index contributed by atoms with van der Waals surface area (Å²) >= 11 is 0. The van der Waals surface area contributed by atoms with Gasteiger partial charge in [-0.15, -0.1) is 0 Å². The summed E-state index contributed by atoms with van der Waals surface area (Å²) in [5.74, 6) is 0.297. The maximum Gasteiger partial charge on any atom is 0.325 e. The Morgan fingerprint density at radius 2 is 1.89 bits per heavy atom. The maximum absolute atomic E-state index is 12.9. The van der Waals surface area contributed by atoms with Crippen LogP contribution in [0.3, 0.4) is 0 Å². The van der Waals surface area contributed by atoms with Gasteiger partial charge in [-0.1, -0.05) is 12.1 Å². The van der Waals surface area contributed by atoms with Crippen LogP contribution in [0.5, 0.6) is 0 Å². The first-order valence-corrected chi connectivity index (χ1v) is 8.70. The Morgan fingerprint density at radius 3 is 2.52 bits per heavy atom. The molecule has 0 unspecified atom stereocenters. The quantitative estimate of drug-likeness (QED) is 0.811. The van der Waals surface area contributed by atoms with Crippen LogP contribution >= 0.6 is 0 Å². The zero-order valence-corrected chi connectivity index (χ0v) is 16.1. The first-order valence-electron chi connectivity index (χ1n) is 8.70. The Labute approximate surface area is 157 Å². The zero-order chi connectivity index (χ0) is 19.9. The number of carbonyl (C=O) groups is 3. The Morgan fingerprint density at radius 1 is 1.19 bits per heavy atom. The van der Waals surface area contributed by atoms with Gasteiger partial charge in [-0.2, -0.15) is 0 Å². The van der Waals surface area contributed by atoms with Crippen LogP contribution in [0, 0.1) is 27.7 Å². The van der Waals surface area contributed by atoms with Crippen molar-refractivity contribution < 1.29 is 18.8 Å². The lowest BCUT2D eigenvalue weighted by Crippen LogP contribution is -2.42. The van der Waals surface area contributed by atoms with E-state index in [4.69, 9.17) is 4.42 Å². The molecule has 1 aromatic carbocycles. The summed E-state index contributed by atoms with van der Waals surface area (Å²) in [6.45, 7) is 8.58. The van der Waals surface area contributed by atoms with Gasteiger partial charge in [0.2, 0.25) is 5.91 Å². The molecule has 1 atom stereocenters. The number of hydrogen-bond donors (Lipinski definition) is 2. The molecule has 7 heteroatoms. The van der Waals surface area contributed by atoms with Crippen molar-refractivity contribution in [2.24, 2.45) is 0 Å². The van der Waals surface area contributed by atoms with Crippen LogP contribution in [-0.4, -0.2) is 29.3 Å². The number of amides is 4. The Balaban J connectivity index is 1.78. The van der Waals surface area contributed by atoms with Crippen LogP contribution in [0.25, 0.3) is 0 Å². The van der Waals surface area contributed by atoms with E-state index >= 15 is 0 Å². The number of anilines is 1. The molecule has 0 radical (unpaired) electrons. The molecule has 1 saturated heterocycles. The van der Waals surface area contributed by atoms with E-state index < -0.39 is 23.4 Å². The number of urea groups is 1. The molecule has 2 N–H and O–H groups in total. The smallest absolute Gasteiger partial charge is 0.325 e. The molecule has 0 bridgehead atoms. The topological polar surface area (TPSA) is 91.7 Å². The van der Waals surface area contributed by atoms with Crippen molar-refractivity contribution in [2.75, 3.05) is 11.9 Å².